The summed E-state index contributed by atoms with van der Waals surface area (Å²) >= 11 is 0. The maximum Gasteiger partial charge on any atom is 0.306 e. The van der Waals surface area contributed by atoms with E-state index < -0.39 is 5.41 Å². The molecule has 1 atom stereocenters. The van der Waals surface area contributed by atoms with Gasteiger partial charge < -0.3 is 4.74 Å². The number of carbonyl (C=O) groups is 2. The van der Waals surface area contributed by atoms with Crippen LogP contribution in [0.25, 0.3) is 0 Å². The van der Waals surface area contributed by atoms with Gasteiger partial charge in [-0.05, 0) is 80.2 Å². The van der Waals surface area contributed by atoms with E-state index in [0.717, 1.165) is 43.4 Å². The van der Waals surface area contributed by atoms with Gasteiger partial charge in [-0.1, -0.05) is 60.7 Å². The van der Waals surface area contributed by atoms with E-state index in [1.165, 1.54) is 30.4 Å². The average Bonchev–Trinajstić information content (AvgIpc) is 2.83. The molecule has 1 unspecified atom stereocenters. The first kappa shape index (κ1) is 21.1. The SMILES string of the molecule is O=C1CCC(c2ccccc2)(c2ccccc2)C(CCC(=O)C23CC4CC(CC(C4)C2)C3)O1. The fourth-order valence-electron chi connectivity index (χ4n) is 8.36. The van der Waals surface area contributed by atoms with E-state index in [2.05, 4.69) is 48.5 Å². The topological polar surface area (TPSA) is 43.4 Å². The Balaban J connectivity index is 1.30. The molecule has 7 rings (SSSR count). The third-order valence-electron chi connectivity index (χ3n) is 9.39. The standard InChI is InChI=1S/C30H34O3/c31-26(29-18-21-15-22(19-29)17-23(16-21)20-29)11-12-27-30(14-13-28(32)33-27,24-7-3-1-4-8-24)25-9-5-2-6-10-25/h1-10,21-23,27H,11-20H2. The molecular weight excluding hydrogens is 408 g/mol. The Kier molecular flexibility index (Phi) is 5.19. The van der Waals surface area contributed by atoms with Crippen LogP contribution in [0.1, 0.15) is 75.3 Å². The molecule has 3 heteroatoms. The molecule has 0 amide bonds. The zero-order valence-corrected chi connectivity index (χ0v) is 19.4. The quantitative estimate of drug-likeness (QED) is 0.497. The minimum atomic E-state index is -0.405. The molecule has 1 aliphatic heterocycles. The van der Waals surface area contributed by atoms with Crippen molar-refractivity contribution in [3.05, 3.63) is 71.8 Å². The number of hydrogen-bond acceptors (Lipinski definition) is 3. The zero-order chi connectivity index (χ0) is 22.5. The van der Waals surface area contributed by atoms with Gasteiger partial charge >= 0.3 is 5.97 Å². The normalized spacial score (nSPS) is 34.1. The molecular formula is C30H34O3. The molecule has 5 fully saturated rings. The van der Waals surface area contributed by atoms with E-state index in [1.54, 1.807) is 0 Å². The van der Waals surface area contributed by atoms with Crippen LogP contribution in [-0.4, -0.2) is 17.9 Å². The van der Waals surface area contributed by atoms with Crippen LogP contribution in [0.2, 0.25) is 0 Å². The fourth-order valence-corrected chi connectivity index (χ4v) is 8.36. The summed E-state index contributed by atoms with van der Waals surface area (Å²) < 4.78 is 6.09. The number of carbonyl (C=O) groups excluding carboxylic acids is 2. The van der Waals surface area contributed by atoms with Crippen molar-refractivity contribution < 1.29 is 14.3 Å². The number of cyclic esters (lactones) is 1. The van der Waals surface area contributed by atoms with E-state index in [-0.39, 0.29) is 17.5 Å². The highest BCUT2D eigenvalue weighted by Gasteiger charge is 2.55. The minimum Gasteiger partial charge on any atom is -0.461 e. The first-order chi connectivity index (χ1) is 16.1. The van der Waals surface area contributed by atoms with E-state index in [4.69, 9.17) is 4.74 Å². The summed E-state index contributed by atoms with van der Waals surface area (Å²) in [6.07, 6.45) is 9.27. The largest absolute Gasteiger partial charge is 0.461 e. The summed E-state index contributed by atoms with van der Waals surface area (Å²) in [6, 6.07) is 20.9. The lowest BCUT2D eigenvalue weighted by molar-refractivity contribution is -0.161. The molecule has 2 aromatic rings. The number of benzene rings is 2. The minimum absolute atomic E-state index is 0.0877. The van der Waals surface area contributed by atoms with Crippen LogP contribution in [0.3, 0.4) is 0 Å². The Morgan fingerprint density at radius 3 is 1.85 bits per heavy atom. The Bertz CT molecular complexity index is 950. The van der Waals surface area contributed by atoms with Gasteiger partial charge in [0.1, 0.15) is 11.9 Å². The average molecular weight is 443 g/mol. The molecule has 4 saturated carbocycles. The number of esters is 1. The summed E-state index contributed by atoms with van der Waals surface area (Å²) in [5.74, 6) is 2.60. The summed E-state index contributed by atoms with van der Waals surface area (Å²) in [4.78, 5) is 26.2. The third kappa shape index (κ3) is 3.55. The number of Topliss-reactive ketones (excluding diaryl/α,β-unsaturated/α-hetero) is 1. The number of ether oxygens (including phenoxy) is 1. The van der Waals surface area contributed by atoms with Crippen LogP contribution < -0.4 is 0 Å². The van der Waals surface area contributed by atoms with Crippen molar-refractivity contribution in [2.45, 2.75) is 75.7 Å². The van der Waals surface area contributed by atoms with Crippen molar-refractivity contribution in [1.29, 1.82) is 0 Å². The van der Waals surface area contributed by atoms with Crippen LogP contribution in [0.4, 0.5) is 0 Å². The smallest absolute Gasteiger partial charge is 0.306 e. The second kappa shape index (κ2) is 8.11. The fraction of sp³-hybridized carbons (Fsp3) is 0.533. The predicted octanol–water partition coefficient (Wildman–Crippen LogP) is 6.24. The molecule has 33 heavy (non-hydrogen) atoms. The zero-order valence-electron chi connectivity index (χ0n) is 19.4. The van der Waals surface area contributed by atoms with Crippen molar-refractivity contribution >= 4 is 11.8 Å². The molecule has 172 valence electrons. The van der Waals surface area contributed by atoms with Crippen LogP contribution in [0, 0.1) is 23.2 Å². The molecule has 1 saturated heterocycles. The summed E-state index contributed by atoms with van der Waals surface area (Å²) in [5.41, 5.74) is 1.86. The van der Waals surface area contributed by atoms with E-state index >= 15 is 0 Å². The molecule has 1 heterocycles. The first-order valence-electron chi connectivity index (χ1n) is 12.9. The monoisotopic (exact) mass is 442 g/mol. The lowest BCUT2D eigenvalue weighted by Crippen LogP contribution is -2.51. The highest BCUT2D eigenvalue weighted by atomic mass is 16.5. The van der Waals surface area contributed by atoms with Gasteiger partial charge in [0.15, 0.2) is 0 Å². The highest BCUT2D eigenvalue weighted by Crippen LogP contribution is 2.61. The molecule has 0 radical (unpaired) electrons. The molecule has 0 aromatic heterocycles. The van der Waals surface area contributed by atoms with Crippen LogP contribution in [0.15, 0.2) is 60.7 Å². The van der Waals surface area contributed by atoms with Gasteiger partial charge in [0.25, 0.3) is 0 Å². The summed E-state index contributed by atoms with van der Waals surface area (Å²) in [6.45, 7) is 0. The van der Waals surface area contributed by atoms with Crippen molar-refractivity contribution in [3.63, 3.8) is 0 Å². The molecule has 4 bridgehead atoms. The summed E-state index contributed by atoms with van der Waals surface area (Å²) in [7, 11) is 0. The van der Waals surface area contributed by atoms with Gasteiger partial charge in [-0.2, -0.15) is 0 Å². The maximum atomic E-state index is 13.8. The molecule has 2 aromatic carbocycles. The predicted molar refractivity (Wildman–Crippen MR) is 128 cm³/mol. The Hall–Kier alpha value is -2.42. The molecule has 0 spiro atoms. The van der Waals surface area contributed by atoms with Gasteiger partial charge in [-0.3, -0.25) is 9.59 Å². The number of rotatable bonds is 6. The second-order valence-electron chi connectivity index (χ2n) is 11.3. The number of ketones is 1. The Labute approximate surface area is 196 Å². The van der Waals surface area contributed by atoms with Crippen molar-refractivity contribution in [2.24, 2.45) is 23.2 Å². The Morgan fingerprint density at radius 2 is 1.33 bits per heavy atom. The molecule has 4 aliphatic carbocycles. The van der Waals surface area contributed by atoms with E-state index in [9.17, 15) is 9.59 Å². The van der Waals surface area contributed by atoms with Crippen molar-refractivity contribution in [3.8, 4) is 0 Å². The Morgan fingerprint density at radius 1 is 0.818 bits per heavy atom. The van der Waals surface area contributed by atoms with Gasteiger partial charge in [-0.15, -0.1) is 0 Å². The van der Waals surface area contributed by atoms with Gasteiger partial charge in [0.2, 0.25) is 0 Å². The maximum absolute atomic E-state index is 13.8. The third-order valence-corrected chi connectivity index (χ3v) is 9.39. The van der Waals surface area contributed by atoms with Gasteiger partial charge in [0, 0.05) is 18.3 Å². The van der Waals surface area contributed by atoms with Gasteiger partial charge in [0.05, 0.1) is 5.41 Å². The summed E-state index contributed by atoms with van der Waals surface area (Å²) in [5, 5.41) is 0. The van der Waals surface area contributed by atoms with Crippen LogP contribution in [0.5, 0.6) is 0 Å². The molecule has 0 N–H and O–H groups in total. The molecule has 5 aliphatic rings. The van der Waals surface area contributed by atoms with Crippen molar-refractivity contribution in [2.75, 3.05) is 0 Å². The van der Waals surface area contributed by atoms with Gasteiger partial charge in [-0.25, -0.2) is 0 Å². The lowest BCUT2D eigenvalue weighted by Gasteiger charge is -2.56. The number of hydrogen-bond donors (Lipinski definition) is 0. The van der Waals surface area contributed by atoms with E-state index in [1.807, 2.05) is 12.1 Å². The van der Waals surface area contributed by atoms with Crippen LogP contribution >= 0.6 is 0 Å². The first-order valence-corrected chi connectivity index (χ1v) is 12.9. The molecule has 3 nitrogen and oxygen atoms in total. The van der Waals surface area contributed by atoms with Crippen LogP contribution in [-0.2, 0) is 19.7 Å². The second-order valence-corrected chi connectivity index (χ2v) is 11.3. The van der Waals surface area contributed by atoms with E-state index in [0.29, 0.717) is 25.0 Å². The highest BCUT2D eigenvalue weighted by molar-refractivity contribution is 5.85. The lowest BCUT2D eigenvalue weighted by atomic mass is 9.48. The van der Waals surface area contributed by atoms with Crippen molar-refractivity contribution in [1.82, 2.24) is 0 Å².